The van der Waals surface area contributed by atoms with Crippen molar-refractivity contribution in [1.82, 2.24) is 0 Å². The molecule has 0 bridgehead atoms. The third kappa shape index (κ3) is 1.98. The molecule has 0 amide bonds. The highest BCUT2D eigenvalue weighted by molar-refractivity contribution is 5.96. The molecule has 8 nitrogen and oxygen atoms in total. The van der Waals surface area contributed by atoms with Crippen LogP contribution in [-0.4, -0.2) is 9.85 Å². The Labute approximate surface area is 115 Å². The zero-order valence-electron chi connectivity index (χ0n) is 10.3. The fourth-order valence-corrected chi connectivity index (χ4v) is 2.16. The van der Waals surface area contributed by atoms with E-state index in [-0.39, 0.29) is 22.7 Å². The van der Waals surface area contributed by atoms with Gasteiger partial charge in [0.15, 0.2) is 5.43 Å². The van der Waals surface area contributed by atoms with Crippen molar-refractivity contribution in [2.24, 2.45) is 0 Å². The summed E-state index contributed by atoms with van der Waals surface area (Å²) in [4.78, 5) is 32.3. The van der Waals surface area contributed by atoms with Crippen LogP contribution in [0, 0.1) is 20.2 Å². The second kappa shape index (κ2) is 4.37. The van der Waals surface area contributed by atoms with Crippen molar-refractivity contribution in [2.45, 2.75) is 0 Å². The Morgan fingerprint density at radius 2 is 1.67 bits per heavy atom. The van der Waals surface area contributed by atoms with Gasteiger partial charge in [0.05, 0.1) is 33.8 Å². The molecule has 104 valence electrons. The predicted molar refractivity (Wildman–Crippen MR) is 72.4 cm³/mol. The minimum atomic E-state index is -0.684. The molecule has 1 aliphatic carbocycles. The average Bonchev–Trinajstić information content (AvgIpc) is 2.45. The van der Waals surface area contributed by atoms with Gasteiger partial charge in [0.25, 0.3) is 11.4 Å². The third-order valence-corrected chi connectivity index (χ3v) is 3.09. The summed E-state index contributed by atoms with van der Waals surface area (Å²) in [6.45, 7) is 0. The molecule has 1 aromatic rings. The van der Waals surface area contributed by atoms with E-state index >= 15 is 0 Å². The number of hydrogen-bond donors (Lipinski definition) is 0. The van der Waals surface area contributed by atoms with Crippen LogP contribution in [0.4, 0.5) is 11.4 Å². The molecular formula is C13H6N2O6. The van der Waals surface area contributed by atoms with E-state index in [0.717, 1.165) is 12.1 Å². The van der Waals surface area contributed by atoms with Gasteiger partial charge in [-0.2, -0.15) is 0 Å². The Kier molecular flexibility index (Phi) is 2.65. The minimum absolute atomic E-state index is 0.0653. The molecule has 0 N–H and O–H groups in total. The standard InChI is InChI=1S/C13H6N2O6/c16-11-4-9(15(19)20)5-12-13(11)10-2-1-8(14(17)18)3-7(10)6-21-12/h1-6H. The van der Waals surface area contributed by atoms with Crippen LogP contribution in [0.25, 0.3) is 22.1 Å². The van der Waals surface area contributed by atoms with Crippen molar-refractivity contribution in [2.75, 3.05) is 0 Å². The van der Waals surface area contributed by atoms with E-state index in [1.165, 1.54) is 24.5 Å². The molecule has 0 radical (unpaired) electrons. The molecule has 0 atom stereocenters. The number of nitrogens with zero attached hydrogens (tertiary/aromatic N) is 2. The monoisotopic (exact) mass is 286 g/mol. The first kappa shape index (κ1) is 12.7. The number of hydrogen-bond acceptors (Lipinski definition) is 6. The average molecular weight is 286 g/mol. The number of fused-ring (bicyclic) bond motifs is 3. The van der Waals surface area contributed by atoms with Gasteiger partial charge in [-0.1, -0.05) is 0 Å². The Morgan fingerprint density at radius 1 is 0.952 bits per heavy atom. The number of nitro benzene ring substituents is 2. The topological polar surface area (TPSA) is 116 Å². The largest absolute Gasteiger partial charge is 0.463 e. The molecule has 2 aliphatic rings. The van der Waals surface area contributed by atoms with Gasteiger partial charge in [-0.15, -0.1) is 0 Å². The van der Waals surface area contributed by atoms with Gasteiger partial charge < -0.3 is 4.42 Å². The lowest BCUT2D eigenvalue weighted by molar-refractivity contribution is -0.385. The molecule has 1 aromatic carbocycles. The lowest BCUT2D eigenvalue weighted by Gasteiger charge is -2.07. The van der Waals surface area contributed by atoms with Crippen molar-refractivity contribution in [1.29, 1.82) is 0 Å². The summed E-state index contributed by atoms with van der Waals surface area (Å²) in [5.41, 5.74) is -0.903. The van der Waals surface area contributed by atoms with Gasteiger partial charge in [-0.05, 0) is 6.07 Å². The summed E-state index contributed by atoms with van der Waals surface area (Å²) in [6.07, 6.45) is 1.23. The molecule has 0 fully saturated rings. The number of nitro groups is 2. The van der Waals surface area contributed by atoms with Gasteiger partial charge >= 0.3 is 0 Å². The van der Waals surface area contributed by atoms with E-state index in [4.69, 9.17) is 4.42 Å². The van der Waals surface area contributed by atoms with Crippen LogP contribution in [0.15, 0.2) is 45.8 Å². The van der Waals surface area contributed by atoms with Crippen molar-refractivity contribution in [3.63, 3.8) is 0 Å². The Balaban J connectivity index is 2.39. The summed E-state index contributed by atoms with van der Waals surface area (Å²) < 4.78 is 5.20. The van der Waals surface area contributed by atoms with Crippen LogP contribution in [0.1, 0.15) is 0 Å². The van der Waals surface area contributed by atoms with Crippen molar-refractivity contribution < 1.29 is 14.3 Å². The smallest absolute Gasteiger partial charge is 0.277 e. The quantitative estimate of drug-likeness (QED) is 0.406. The Bertz CT molecular complexity index is 930. The molecule has 0 saturated carbocycles. The summed E-state index contributed by atoms with van der Waals surface area (Å²) in [5.74, 6) is 0.0653. The molecule has 0 aromatic heterocycles. The number of benzene rings is 2. The van der Waals surface area contributed by atoms with Gasteiger partial charge in [0.2, 0.25) is 0 Å². The summed E-state index contributed by atoms with van der Waals surface area (Å²) in [6, 6.07) is 6.02. The first-order valence-corrected chi connectivity index (χ1v) is 5.75. The first-order chi connectivity index (χ1) is 9.97. The maximum Gasteiger partial charge on any atom is 0.277 e. The maximum absolute atomic E-state index is 12.0. The van der Waals surface area contributed by atoms with E-state index in [1.807, 2.05) is 0 Å². The van der Waals surface area contributed by atoms with Crippen LogP contribution in [0.3, 0.4) is 0 Å². The predicted octanol–water partition coefficient (Wildman–Crippen LogP) is 2.71. The maximum atomic E-state index is 12.0. The molecule has 0 spiro atoms. The number of rotatable bonds is 2. The van der Waals surface area contributed by atoms with E-state index in [9.17, 15) is 25.0 Å². The fourth-order valence-electron chi connectivity index (χ4n) is 2.16. The molecular weight excluding hydrogens is 280 g/mol. The highest BCUT2D eigenvalue weighted by atomic mass is 16.6. The summed E-state index contributed by atoms with van der Waals surface area (Å²) in [5, 5.41) is 22.3. The van der Waals surface area contributed by atoms with Crippen molar-refractivity contribution in [3.05, 3.63) is 67.0 Å². The van der Waals surface area contributed by atoms with E-state index in [2.05, 4.69) is 0 Å². The SMILES string of the molecule is O=c1cc([N+](=O)[O-])cc2occ3cc([N+](=O)[O-])ccc3c1-2. The second-order valence-corrected chi connectivity index (χ2v) is 4.34. The van der Waals surface area contributed by atoms with Crippen LogP contribution < -0.4 is 5.43 Å². The van der Waals surface area contributed by atoms with Crippen LogP contribution in [-0.2, 0) is 0 Å². The van der Waals surface area contributed by atoms with Gasteiger partial charge in [0.1, 0.15) is 5.76 Å². The van der Waals surface area contributed by atoms with Crippen molar-refractivity contribution >= 4 is 22.1 Å². The van der Waals surface area contributed by atoms with Crippen LogP contribution in [0.5, 0.6) is 0 Å². The van der Waals surface area contributed by atoms with Crippen LogP contribution >= 0.6 is 0 Å². The Morgan fingerprint density at radius 3 is 2.33 bits per heavy atom. The molecule has 1 aliphatic heterocycles. The van der Waals surface area contributed by atoms with E-state index in [0.29, 0.717) is 10.8 Å². The normalized spacial score (nSPS) is 10.9. The molecule has 0 saturated heterocycles. The second-order valence-electron chi connectivity index (χ2n) is 4.34. The minimum Gasteiger partial charge on any atom is -0.463 e. The molecule has 1 heterocycles. The van der Waals surface area contributed by atoms with E-state index in [1.54, 1.807) is 0 Å². The highest BCUT2D eigenvalue weighted by Gasteiger charge is 2.20. The third-order valence-electron chi connectivity index (χ3n) is 3.09. The molecule has 21 heavy (non-hydrogen) atoms. The molecule has 0 unspecified atom stereocenters. The highest BCUT2D eigenvalue weighted by Crippen LogP contribution is 2.32. The fraction of sp³-hybridized carbons (Fsp3) is 0. The summed E-state index contributed by atoms with van der Waals surface area (Å²) in [7, 11) is 0. The van der Waals surface area contributed by atoms with Crippen LogP contribution in [0.2, 0.25) is 0 Å². The molecule has 8 heteroatoms. The van der Waals surface area contributed by atoms with Gasteiger partial charge in [0, 0.05) is 22.9 Å². The Hall–Kier alpha value is -3.29. The van der Waals surface area contributed by atoms with E-state index < -0.39 is 15.3 Å². The van der Waals surface area contributed by atoms with Gasteiger partial charge in [-0.3, -0.25) is 25.0 Å². The lowest BCUT2D eigenvalue weighted by atomic mass is 10.0. The lowest BCUT2D eigenvalue weighted by Crippen LogP contribution is -2.07. The number of non-ortho nitro benzene ring substituents is 2. The zero-order valence-corrected chi connectivity index (χ0v) is 10.3. The zero-order chi connectivity index (χ0) is 15.1. The first-order valence-electron chi connectivity index (χ1n) is 5.75. The molecule has 3 rings (SSSR count). The van der Waals surface area contributed by atoms with Crippen molar-refractivity contribution in [3.8, 4) is 11.3 Å². The van der Waals surface area contributed by atoms with Gasteiger partial charge in [-0.25, -0.2) is 0 Å². The summed E-state index contributed by atoms with van der Waals surface area (Å²) >= 11 is 0.